The molecule has 0 radical (unpaired) electrons. The van der Waals surface area contributed by atoms with Crippen LogP contribution in [0, 0.1) is 0 Å². The SMILES string of the molecule is CCOC(=O)C(C(=NC)C(F)(F)Cl)=C(N)C(F)F. The van der Waals surface area contributed by atoms with E-state index in [-0.39, 0.29) is 6.61 Å². The number of halogens is 5. The van der Waals surface area contributed by atoms with Gasteiger partial charge in [-0.25, -0.2) is 13.6 Å². The van der Waals surface area contributed by atoms with Crippen molar-refractivity contribution >= 4 is 23.3 Å². The third-order valence-electron chi connectivity index (χ3n) is 1.73. The first-order valence-corrected chi connectivity index (χ1v) is 5.03. The summed E-state index contributed by atoms with van der Waals surface area (Å²) in [5, 5.41) is -4.11. The fourth-order valence-corrected chi connectivity index (χ4v) is 1.22. The molecule has 0 rings (SSSR count). The van der Waals surface area contributed by atoms with Gasteiger partial charge in [-0.15, -0.1) is 0 Å². The number of allylic oxidation sites excluding steroid dienone is 1. The van der Waals surface area contributed by atoms with E-state index in [1.165, 1.54) is 6.92 Å². The number of ether oxygens (including phenoxy) is 1. The number of alkyl halides is 5. The summed E-state index contributed by atoms with van der Waals surface area (Å²) in [6.45, 7) is 1.17. The third-order valence-corrected chi connectivity index (χ3v) is 1.91. The van der Waals surface area contributed by atoms with Crippen LogP contribution >= 0.6 is 11.6 Å². The van der Waals surface area contributed by atoms with E-state index in [0.29, 0.717) is 0 Å². The molecule has 0 spiro atoms. The quantitative estimate of drug-likeness (QED) is 0.277. The highest BCUT2D eigenvalue weighted by Gasteiger charge is 2.40. The minimum absolute atomic E-state index is 0.205. The highest BCUT2D eigenvalue weighted by Crippen LogP contribution is 2.27. The summed E-state index contributed by atoms with van der Waals surface area (Å²) in [5.74, 6) is -1.43. The lowest BCUT2D eigenvalue weighted by molar-refractivity contribution is -0.138. The molecule has 0 bridgehead atoms. The number of rotatable bonds is 5. The van der Waals surface area contributed by atoms with E-state index < -0.39 is 34.8 Å². The van der Waals surface area contributed by atoms with Crippen molar-refractivity contribution in [3.63, 3.8) is 0 Å². The average Bonchev–Trinajstić information content (AvgIpc) is 2.22. The largest absolute Gasteiger partial charge is 0.462 e. The molecule has 0 heterocycles. The van der Waals surface area contributed by atoms with Gasteiger partial charge in [-0.2, -0.15) is 8.78 Å². The lowest BCUT2D eigenvalue weighted by Crippen LogP contribution is -2.32. The minimum atomic E-state index is -4.11. The van der Waals surface area contributed by atoms with Crippen molar-refractivity contribution in [3.8, 4) is 0 Å². The van der Waals surface area contributed by atoms with Crippen molar-refractivity contribution in [2.45, 2.75) is 18.7 Å². The summed E-state index contributed by atoms with van der Waals surface area (Å²) < 4.78 is 55.1. The van der Waals surface area contributed by atoms with Gasteiger partial charge >= 0.3 is 11.4 Å². The zero-order valence-corrected chi connectivity index (χ0v) is 10.3. The molecule has 0 aromatic carbocycles. The fraction of sp³-hybridized carbons (Fsp3) is 0.556. The Kier molecular flexibility index (Phi) is 6.10. The Bertz CT molecular complexity index is 377. The van der Waals surface area contributed by atoms with Crippen molar-refractivity contribution in [1.82, 2.24) is 0 Å². The minimum Gasteiger partial charge on any atom is -0.462 e. The molecule has 0 aliphatic carbocycles. The lowest BCUT2D eigenvalue weighted by Gasteiger charge is -2.16. The molecule has 0 aromatic heterocycles. The number of nitrogens with zero attached hydrogens (tertiary/aromatic N) is 1. The highest BCUT2D eigenvalue weighted by molar-refractivity contribution is 6.40. The molecule has 0 saturated carbocycles. The van der Waals surface area contributed by atoms with Gasteiger partial charge in [0, 0.05) is 7.05 Å². The van der Waals surface area contributed by atoms with Gasteiger partial charge in [-0.3, -0.25) is 4.99 Å². The smallest absolute Gasteiger partial charge is 0.365 e. The van der Waals surface area contributed by atoms with Crippen LogP contribution in [0.15, 0.2) is 16.3 Å². The van der Waals surface area contributed by atoms with Gasteiger partial charge in [-0.05, 0) is 18.5 Å². The van der Waals surface area contributed by atoms with Gasteiger partial charge in [0.05, 0.1) is 12.3 Å². The van der Waals surface area contributed by atoms with Crippen molar-refractivity contribution in [2.24, 2.45) is 10.7 Å². The molecule has 0 aliphatic rings. The van der Waals surface area contributed by atoms with Crippen LogP contribution in [0.1, 0.15) is 6.92 Å². The number of aliphatic imine (C=N–C) groups is 1. The highest BCUT2D eigenvalue weighted by atomic mass is 35.5. The van der Waals surface area contributed by atoms with Gasteiger partial charge in [-0.1, -0.05) is 0 Å². The number of carbonyl (C=O) groups excluding carboxylic acids is 1. The van der Waals surface area contributed by atoms with Crippen LogP contribution in [-0.2, 0) is 9.53 Å². The molecule has 0 atom stereocenters. The van der Waals surface area contributed by atoms with Crippen LogP contribution in [0.25, 0.3) is 0 Å². The summed E-state index contributed by atoms with van der Waals surface area (Å²) in [7, 11) is 0.865. The number of hydrogen-bond acceptors (Lipinski definition) is 4. The first kappa shape index (κ1) is 16.7. The summed E-state index contributed by atoms with van der Waals surface area (Å²) in [4.78, 5) is 14.4. The second kappa shape index (κ2) is 6.58. The van der Waals surface area contributed by atoms with E-state index in [0.717, 1.165) is 7.05 Å². The lowest BCUT2D eigenvalue weighted by atomic mass is 10.1. The van der Waals surface area contributed by atoms with Gasteiger partial charge in [0.15, 0.2) is 0 Å². The summed E-state index contributed by atoms with van der Waals surface area (Å²) in [6.07, 6.45) is -3.32. The number of hydrogen-bond donors (Lipinski definition) is 1. The van der Waals surface area contributed by atoms with Crippen LogP contribution in [-0.4, -0.2) is 37.1 Å². The van der Waals surface area contributed by atoms with Crippen LogP contribution in [0.5, 0.6) is 0 Å². The Labute approximate surface area is 105 Å². The fourth-order valence-electron chi connectivity index (χ4n) is 1.04. The predicted octanol–water partition coefficient (Wildman–Crippen LogP) is 1.93. The second-order valence-electron chi connectivity index (χ2n) is 2.92. The van der Waals surface area contributed by atoms with E-state index in [2.05, 4.69) is 21.3 Å². The number of nitrogens with two attached hydrogens (primary N) is 1. The topological polar surface area (TPSA) is 64.7 Å². The van der Waals surface area contributed by atoms with Crippen molar-refractivity contribution in [2.75, 3.05) is 13.7 Å². The maximum atomic E-state index is 13.0. The molecule has 0 aliphatic heterocycles. The van der Waals surface area contributed by atoms with Crippen molar-refractivity contribution in [1.29, 1.82) is 0 Å². The zero-order valence-electron chi connectivity index (χ0n) is 9.52. The average molecular weight is 291 g/mol. The first-order chi connectivity index (χ1) is 8.16. The molecule has 0 fully saturated rings. The van der Waals surface area contributed by atoms with Crippen LogP contribution in [0.3, 0.4) is 0 Å². The van der Waals surface area contributed by atoms with Crippen molar-refractivity contribution < 1.29 is 27.1 Å². The predicted molar refractivity (Wildman–Crippen MR) is 58.0 cm³/mol. The Morgan fingerprint density at radius 3 is 2.28 bits per heavy atom. The van der Waals surface area contributed by atoms with Crippen LogP contribution in [0.4, 0.5) is 17.6 Å². The number of carbonyl (C=O) groups is 1. The summed E-state index contributed by atoms with van der Waals surface area (Å²) in [5.41, 5.74) is 0.980. The van der Waals surface area contributed by atoms with Crippen molar-refractivity contribution in [3.05, 3.63) is 11.3 Å². The molecule has 0 saturated heterocycles. The Balaban J connectivity index is 5.79. The molecule has 9 heteroatoms. The molecule has 2 N–H and O–H groups in total. The standard InChI is InChI=1S/C9H11ClF4N2O2/c1-3-18-8(17)4(5(15)7(11)12)6(16-2)9(10,13)14/h7H,3,15H2,1-2H3. The number of esters is 1. The zero-order chi connectivity index (χ0) is 14.5. The van der Waals surface area contributed by atoms with E-state index in [1.807, 2.05) is 0 Å². The Morgan fingerprint density at radius 1 is 1.50 bits per heavy atom. The Hall–Kier alpha value is -1.31. The molecule has 104 valence electrons. The second-order valence-corrected chi connectivity index (χ2v) is 3.40. The molecule has 0 aromatic rings. The third kappa shape index (κ3) is 4.17. The molecule has 0 amide bonds. The normalized spacial score (nSPS) is 14.6. The molecular weight excluding hydrogens is 280 g/mol. The van der Waals surface area contributed by atoms with E-state index in [1.54, 1.807) is 0 Å². The van der Waals surface area contributed by atoms with Gasteiger partial charge in [0.25, 0.3) is 6.43 Å². The molecular formula is C9H11ClF4N2O2. The van der Waals surface area contributed by atoms with E-state index in [4.69, 9.17) is 5.73 Å². The molecule has 4 nitrogen and oxygen atoms in total. The van der Waals surface area contributed by atoms with Gasteiger partial charge in [0.1, 0.15) is 11.3 Å². The summed E-state index contributed by atoms with van der Waals surface area (Å²) >= 11 is 4.68. The van der Waals surface area contributed by atoms with Crippen LogP contribution in [0.2, 0.25) is 0 Å². The first-order valence-electron chi connectivity index (χ1n) is 4.66. The maximum Gasteiger partial charge on any atom is 0.365 e. The molecule has 0 unspecified atom stereocenters. The monoisotopic (exact) mass is 290 g/mol. The van der Waals surface area contributed by atoms with E-state index in [9.17, 15) is 22.4 Å². The van der Waals surface area contributed by atoms with Gasteiger partial charge in [0.2, 0.25) is 0 Å². The summed E-state index contributed by atoms with van der Waals surface area (Å²) in [6, 6.07) is 0. The maximum absolute atomic E-state index is 13.0. The Morgan fingerprint density at radius 2 is 2.00 bits per heavy atom. The van der Waals surface area contributed by atoms with Gasteiger partial charge < -0.3 is 10.5 Å². The van der Waals surface area contributed by atoms with Crippen LogP contribution < -0.4 is 5.73 Å². The van der Waals surface area contributed by atoms with E-state index >= 15 is 0 Å². The molecule has 18 heavy (non-hydrogen) atoms.